The largest absolute Gasteiger partial charge is 0.482 e. The van der Waals surface area contributed by atoms with Crippen LogP contribution < -0.4 is 10.1 Å². The topological polar surface area (TPSA) is 88.4 Å². The van der Waals surface area contributed by atoms with E-state index < -0.39 is 11.9 Å². The Morgan fingerprint density at radius 2 is 1.88 bits per heavy atom. The molecule has 7 heteroatoms. The molecule has 0 bridgehead atoms. The minimum absolute atomic E-state index is 0.318. The fraction of sp³-hybridized carbons (Fsp3) is 0.211. The van der Waals surface area contributed by atoms with E-state index in [1.807, 2.05) is 24.3 Å². The lowest BCUT2D eigenvalue weighted by atomic mass is 10.1. The molecule has 0 spiro atoms. The number of nitrogens with zero attached hydrogens (tertiary/aromatic N) is 1. The molecule has 0 aliphatic carbocycles. The summed E-state index contributed by atoms with van der Waals surface area (Å²) >= 11 is 5.89. The first kappa shape index (κ1) is 19.3. The van der Waals surface area contributed by atoms with Crippen LogP contribution in [0.25, 0.3) is 0 Å². The summed E-state index contributed by atoms with van der Waals surface area (Å²) in [5.41, 5.74) is 1.50. The highest BCUT2D eigenvalue weighted by molar-refractivity contribution is 6.30. The number of carbonyl (C=O) groups excluding carboxylic acids is 2. The zero-order chi connectivity index (χ0) is 18.8. The molecule has 134 valence electrons. The molecule has 0 unspecified atom stereocenters. The average Bonchev–Trinajstić information content (AvgIpc) is 2.65. The molecule has 0 aromatic heterocycles. The highest BCUT2D eigenvalue weighted by atomic mass is 35.5. The molecule has 0 aliphatic rings. The van der Waals surface area contributed by atoms with Gasteiger partial charge in [0.15, 0.2) is 13.2 Å². The van der Waals surface area contributed by atoms with Crippen molar-refractivity contribution in [2.24, 2.45) is 0 Å². The molecule has 0 fully saturated rings. The highest BCUT2D eigenvalue weighted by Crippen LogP contribution is 2.11. The maximum Gasteiger partial charge on any atom is 0.344 e. The van der Waals surface area contributed by atoms with Crippen LogP contribution >= 0.6 is 11.6 Å². The van der Waals surface area contributed by atoms with Gasteiger partial charge in [-0.25, -0.2) is 4.79 Å². The van der Waals surface area contributed by atoms with Gasteiger partial charge in [-0.3, -0.25) is 4.79 Å². The summed E-state index contributed by atoms with van der Waals surface area (Å²) in [5.74, 6) is -0.606. The molecule has 0 saturated heterocycles. The Hall–Kier alpha value is -3.04. The Labute approximate surface area is 156 Å². The van der Waals surface area contributed by atoms with Gasteiger partial charge in [-0.05, 0) is 48.4 Å². The van der Waals surface area contributed by atoms with Gasteiger partial charge in [0.1, 0.15) is 5.75 Å². The first-order chi connectivity index (χ1) is 12.6. The van der Waals surface area contributed by atoms with Crippen LogP contribution in [0.2, 0.25) is 5.02 Å². The van der Waals surface area contributed by atoms with E-state index in [4.69, 9.17) is 26.3 Å². The second kappa shape index (κ2) is 10.1. The molecule has 0 radical (unpaired) electrons. The number of rotatable bonds is 8. The predicted octanol–water partition coefficient (Wildman–Crippen LogP) is 2.49. The summed E-state index contributed by atoms with van der Waals surface area (Å²) in [6, 6.07) is 15.7. The van der Waals surface area contributed by atoms with Gasteiger partial charge >= 0.3 is 5.97 Å². The Bertz CT molecular complexity index is 800. The number of benzene rings is 2. The molecular weight excluding hydrogens is 356 g/mol. The van der Waals surface area contributed by atoms with Crippen molar-refractivity contribution >= 4 is 23.5 Å². The summed E-state index contributed by atoms with van der Waals surface area (Å²) in [6.07, 6.45) is 0.627. The van der Waals surface area contributed by atoms with Gasteiger partial charge < -0.3 is 14.8 Å². The second-order valence-corrected chi connectivity index (χ2v) is 5.75. The first-order valence-corrected chi connectivity index (χ1v) is 8.24. The molecule has 1 amide bonds. The molecule has 2 aromatic rings. The summed E-state index contributed by atoms with van der Waals surface area (Å²) < 4.78 is 10.1. The monoisotopic (exact) mass is 372 g/mol. The molecule has 0 saturated carbocycles. The van der Waals surface area contributed by atoms with Crippen molar-refractivity contribution in [1.82, 2.24) is 5.32 Å². The molecule has 2 rings (SSSR count). The van der Waals surface area contributed by atoms with Crippen LogP contribution in [0, 0.1) is 11.3 Å². The van der Waals surface area contributed by atoms with Crippen molar-refractivity contribution in [3.63, 3.8) is 0 Å². The van der Waals surface area contributed by atoms with Crippen molar-refractivity contribution in [2.75, 3.05) is 19.8 Å². The van der Waals surface area contributed by atoms with Crippen molar-refractivity contribution in [3.05, 3.63) is 64.7 Å². The molecular formula is C19H17ClN2O4. The van der Waals surface area contributed by atoms with E-state index in [0.717, 1.165) is 5.56 Å². The van der Waals surface area contributed by atoms with Crippen LogP contribution in [0.3, 0.4) is 0 Å². The fourth-order valence-corrected chi connectivity index (χ4v) is 2.26. The summed E-state index contributed by atoms with van der Waals surface area (Å²) in [6.45, 7) is -0.273. The predicted molar refractivity (Wildman–Crippen MR) is 95.8 cm³/mol. The van der Waals surface area contributed by atoms with Gasteiger partial charge in [-0.15, -0.1) is 0 Å². The molecule has 1 N–H and O–H groups in total. The molecule has 0 heterocycles. The number of hydrogen-bond acceptors (Lipinski definition) is 5. The number of halogens is 1. The van der Waals surface area contributed by atoms with E-state index in [2.05, 4.69) is 5.32 Å². The molecule has 6 nitrogen and oxygen atoms in total. The smallest absolute Gasteiger partial charge is 0.344 e. The number of amides is 1. The van der Waals surface area contributed by atoms with E-state index >= 15 is 0 Å². The lowest BCUT2D eigenvalue weighted by molar-refractivity contribution is -0.150. The van der Waals surface area contributed by atoms with E-state index in [1.165, 1.54) is 0 Å². The summed E-state index contributed by atoms with van der Waals surface area (Å²) in [5, 5.41) is 12.0. The van der Waals surface area contributed by atoms with Crippen LogP contribution in [0.15, 0.2) is 48.5 Å². The Morgan fingerprint density at radius 1 is 1.12 bits per heavy atom. The minimum Gasteiger partial charge on any atom is -0.482 e. The third-order valence-corrected chi connectivity index (χ3v) is 3.56. The maximum absolute atomic E-state index is 11.7. The molecule has 0 atom stereocenters. The van der Waals surface area contributed by atoms with Crippen LogP contribution in [0.5, 0.6) is 5.75 Å². The SMILES string of the molecule is N#Cc1ccc(OCC(=O)OCC(=O)NCCc2cccc(Cl)c2)cc1. The highest BCUT2D eigenvalue weighted by Gasteiger charge is 2.08. The van der Waals surface area contributed by atoms with E-state index in [-0.39, 0.29) is 13.2 Å². The molecule has 2 aromatic carbocycles. The molecule has 0 aliphatic heterocycles. The van der Waals surface area contributed by atoms with Crippen LogP contribution in [-0.4, -0.2) is 31.6 Å². The third kappa shape index (κ3) is 6.83. The number of ether oxygens (including phenoxy) is 2. The van der Waals surface area contributed by atoms with Crippen molar-refractivity contribution in [1.29, 1.82) is 5.26 Å². The summed E-state index contributed by atoms with van der Waals surface area (Å²) in [4.78, 5) is 23.2. The molecule has 26 heavy (non-hydrogen) atoms. The van der Waals surface area contributed by atoms with Gasteiger partial charge in [-0.1, -0.05) is 23.7 Å². The van der Waals surface area contributed by atoms with Gasteiger partial charge in [0.05, 0.1) is 11.6 Å². The van der Waals surface area contributed by atoms with E-state index in [9.17, 15) is 9.59 Å². The lowest BCUT2D eigenvalue weighted by Gasteiger charge is -2.08. The van der Waals surface area contributed by atoms with E-state index in [1.54, 1.807) is 30.3 Å². The van der Waals surface area contributed by atoms with E-state index in [0.29, 0.717) is 29.3 Å². The lowest BCUT2D eigenvalue weighted by Crippen LogP contribution is -2.31. The van der Waals surface area contributed by atoms with Crippen LogP contribution in [0.1, 0.15) is 11.1 Å². The zero-order valence-corrected chi connectivity index (χ0v) is 14.7. The summed E-state index contributed by atoms with van der Waals surface area (Å²) in [7, 11) is 0. The van der Waals surface area contributed by atoms with Crippen LogP contribution in [-0.2, 0) is 20.7 Å². The van der Waals surface area contributed by atoms with Crippen molar-refractivity contribution < 1.29 is 19.1 Å². The number of hydrogen-bond donors (Lipinski definition) is 1. The van der Waals surface area contributed by atoms with Gasteiger partial charge in [0.25, 0.3) is 5.91 Å². The van der Waals surface area contributed by atoms with Crippen molar-refractivity contribution in [3.8, 4) is 11.8 Å². The Kier molecular flexibility index (Phi) is 7.47. The fourth-order valence-electron chi connectivity index (χ4n) is 2.05. The van der Waals surface area contributed by atoms with Gasteiger partial charge in [-0.2, -0.15) is 5.26 Å². The van der Waals surface area contributed by atoms with Crippen molar-refractivity contribution in [2.45, 2.75) is 6.42 Å². The second-order valence-electron chi connectivity index (χ2n) is 5.32. The quantitative estimate of drug-likeness (QED) is 0.719. The Balaban J connectivity index is 1.62. The van der Waals surface area contributed by atoms with Crippen LogP contribution in [0.4, 0.5) is 0 Å². The van der Waals surface area contributed by atoms with Gasteiger partial charge in [0.2, 0.25) is 0 Å². The first-order valence-electron chi connectivity index (χ1n) is 7.86. The Morgan fingerprint density at radius 3 is 2.58 bits per heavy atom. The average molecular weight is 373 g/mol. The third-order valence-electron chi connectivity index (χ3n) is 3.33. The standard InChI is InChI=1S/C19H17ClN2O4/c20-16-3-1-2-14(10-16)8-9-22-18(23)12-26-19(24)13-25-17-6-4-15(11-21)5-7-17/h1-7,10H,8-9,12-13H2,(H,22,23). The minimum atomic E-state index is -0.653. The normalized spacial score (nSPS) is 9.85. The number of nitriles is 1. The number of nitrogens with one attached hydrogen (secondary N) is 1. The zero-order valence-electron chi connectivity index (χ0n) is 13.9. The number of esters is 1. The van der Waals surface area contributed by atoms with Gasteiger partial charge in [0, 0.05) is 11.6 Å². The number of carbonyl (C=O) groups is 2. The maximum atomic E-state index is 11.7.